The molecule has 2 aromatic heterocycles. The fraction of sp³-hybridized carbons (Fsp3) is 0.273. The second-order valence-corrected chi connectivity index (χ2v) is 3.40. The average molecular weight is 216 g/mol. The van der Waals surface area contributed by atoms with Gasteiger partial charge in [0.25, 0.3) is 0 Å². The molecule has 0 aromatic carbocycles. The zero-order valence-electron chi connectivity index (χ0n) is 9.00. The molecule has 0 fully saturated rings. The Bertz CT molecular complexity index is 478. The summed E-state index contributed by atoms with van der Waals surface area (Å²) in [6, 6.07) is 0. The molecule has 0 aliphatic heterocycles. The smallest absolute Gasteiger partial charge is 0.231 e. The molecule has 0 bridgehead atoms. The monoisotopic (exact) mass is 216 g/mol. The standard InChI is InChI=1S/C11H12N4O/c1-2-4-15-5-3-14-11(15)10(16)9-6-12-8-13-7-9/h3,5-8H,2,4H2,1H3. The van der Waals surface area contributed by atoms with Gasteiger partial charge in [-0.3, -0.25) is 4.79 Å². The van der Waals surface area contributed by atoms with Crippen LogP contribution in [-0.4, -0.2) is 25.3 Å². The van der Waals surface area contributed by atoms with Gasteiger partial charge in [0.05, 0.1) is 5.56 Å². The normalized spacial score (nSPS) is 10.3. The van der Waals surface area contributed by atoms with E-state index < -0.39 is 0 Å². The largest absolute Gasteiger partial charge is 0.328 e. The molecule has 0 unspecified atom stereocenters. The lowest BCUT2D eigenvalue weighted by atomic mass is 10.2. The number of nitrogens with zero attached hydrogens (tertiary/aromatic N) is 4. The SMILES string of the molecule is CCCn1ccnc1C(=O)c1cncnc1. The molecule has 2 aromatic rings. The summed E-state index contributed by atoms with van der Waals surface area (Å²) in [7, 11) is 0. The highest BCUT2D eigenvalue weighted by atomic mass is 16.1. The van der Waals surface area contributed by atoms with E-state index in [4.69, 9.17) is 0 Å². The van der Waals surface area contributed by atoms with Crippen LogP contribution >= 0.6 is 0 Å². The van der Waals surface area contributed by atoms with E-state index in [9.17, 15) is 4.79 Å². The summed E-state index contributed by atoms with van der Waals surface area (Å²) in [5, 5.41) is 0. The third-order valence-corrected chi connectivity index (χ3v) is 2.21. The van der Waals surface area contributed by atoms with Crippen molar-refractivity contribution in [3.8, 4) is 0 Å². The maximum Gasteiger partial charge on any atom is 0.231 e. The van der Waals surface area contributed by atoms with Gasteiger partial charge in [-0.1, -0.05) is 6.92 Å². The second kappa shape index (κ2) is 4.65. The number of imidazole rings is 1. The number of carbonyl (C=O) groups excluding carboxylic acids is 1. The van der Waals surface area contributed by atoms with Crippen LogP contribution in [0.15, 0.2) is 31.1 Å². The van der Waals surface area contributed by atoms with Crippen LogP contribution in [0.1, 0.15) is 29.5 Å². The molecule has 0 atom stereocenters. The summed E-state index contributed by atoms with van der Waals surface area (Å²) in [5.74, 6) is 0.302. The summed E-state index contributed by atoms with van der Waals surface area (Å²) >= 11 is 0. The fourth-order valence-corrected chi connectivity index (χ4v) is 1.49. The Hall–Kier alpha value is -2.04. The van der Waals surface area contributed by atoms with Crippen molar-refractivity contribution in [3.63, 3.8) is 0 Å². The molecule has 5 nitrogen and oxygen atoms in total. The second-order valence-electron chi connectivity index (χ2n) is 3.40. The van der Waals surface area contributed by atoms with Crippen molar-refractivity contribution in [3.05, 3.63) is 42.5 Å². The van der Waals surface area contributed by atoms with Gasteiger partial charge in [-0.15, -0.1) is 0 Å². The van der Waals surface area contributed by atoms with E-state index >= 15 is 0 Å². The van der Waals surface area contributed by atoms with Gasteiger partial charge < -0.3 is 4.57 Å². The Kier molecular flexibility index (Phi) is 3.05. The minimum Gasteiger partial charge on any atom is -0.328 e. The van der Waals surface area contributed by atoms with Crippen LogP contribution in [0.25, 0.3) is 0 Å². The summed E-state index contributed by atoms with van der Waals surface area (Å²) in [6.45, 7) is 2.84. The highest BCUT2D eigenvalue weighted by Crippen LogP contribution is 2.06. The Morgan fingerprint density at radius 2 is 2.12 bits per heavy atom. The highest BCUT2D eigenvalue weighted by Gasteiger charge is 2.14. The zero-order chi connectivity index (χ0) is 11.4. The van der Waals surface area contributed by atoms with E-state index in [1.165, 1.54) is 18.7 Å². The van der Waals surface area contributed by atoms with E-state index in [2.05, 4.69) is 21.9 Å². The number of aryl methyl sites for hydroxylation is 1. The molecule has 0 saturated carbocycles. The summed E-state index contributed by atoms with van der Waals surface area (Å²) in [4.78, 5) is 23.8. The number of rotatable bonds is 4. The van der Waals surface area contributed by atoms with Gasteiger partial charge in [0.1, 0.15) is 6.33 Å². The molecule has 0 radical (unpaired) electrons. The van der Waals surface area contributed by atoms with E-state index in [0.717, 1.165) is 13.0 Å². The molecule has 0 N–H and O–H groups in total. The molecule has 0 amide bonds. The van der Waals surface area contributed by atoms with Gasteiger partial charge in [-0.2, -0.15) is 0 Å². The minimum atomic E-state index is -0.140. The zero-order valence-corrected chi connectivity index (χ0v) is 9.00. The van der Waals surface area contributed by atoms with Crippen molar-refractivity contribution >= 4 is 5.78 Å². The fourth-order valence-electron chi connectivity index (χ4n) is 1.49. The molecule has 16 heavy (non-hydrogen) atoms. The Labute approximate surface area is 93.2 Å². The van der Waals surface area contributed by atoms with Crippen molar-refractivity contribution in [2.45, 2.75) is 19.9 Å². The maximum atomic E-state index is 12.0. The average Bonchev–Trinajstić information content (AvgIpc) is 2.78. The lowest BCUT2D eigenvalue weighted by Gasteiger charge is -2.04. The topological polar surface area (TPSA) is 60.7 Å². The van der Waals surface area contributed by atoms with Crippen LogP contribution in [0.4, 0.5) is 0 Å². The van der Waals surface area contributed by atoms with Crippen LogP contribution < -0.4 is 0 Å². The number of aromatic nitrogens is 4. The van der Waals surface area contributed by atoms with Gasteiger partial charge in [0.15, 0.2) is 5.82 Å². The van der Waals surface area contributed by atoms with Crippen molar-refractivity contribution in [2.75, 3.05) is 0 Å². The van der Waals surface area contributed by atoms with Crippen molar-refractivity contribution < 1.29 is 4.79 Å². The first-order valence-corrected chi connectivity index (χ1v) is 5.13. The number of carbonyl (C=O) groups is 1. The Morgan fingerprint density at radius 1 is 1.38 bits per heavy atom. The number of hydrogen-bond donors (Lipinski definition) is 0. The van der Waals surface area contributed by atoms with Crippen LogP contribution in [0.5, 0.6) is 0 Å². The number of ketones is 1. The lowest BCUT2D eigenvalue weighted by Crippen LogP contribution is -2.11. The summed E-state index contributed by atoms with van der Waals surface area (Å²) in [6.07, 6.45) is 8.80. The molecular formula is C11H12N4O. The van der Waals surface area contributed by atoms with E-state index in [0.29, 0.717) is 11.4 Å². The Morgan fingerprint density at radius 3 is 2.81 bits per heavy atom. The van der Waals surface area contributed by atoms with Crippen LogP contribution in [0, 0.1) is 0 Å². The summed E-state index contributed by atoms with van der Waals surface area (Å²) in [5.41, 5.74) is 0.464. The van der Waals surface area contributed by atoms with Crippen LogP contribution in [-0.2, 0) is 6.54 Å². The van der Waals surface area contributed by atoms with Gasteiger partial charge in [-0.25, -0.2) is 15.0 Å². The Balaban J connectivity index is 2.31. The molecule has 2 rings (SSSR count). The van der Waals surface area contributed by atoms with E-state index in [1.54, 1.807) is 12.4 Å². The molecule has 0 spiro atoms. The van der Waals surface area contributed by atoms with Crippen molar-refractivity contribution in [2.24, 2.45) is 0 Å². The van der Waals surface area contributed by atoms with Crippen LogP contribution in [0.2, 0.25) is 0 Å². The quantitative estimate of drug-likeness (QED) is 0.723. The van der Waals surface area contributed by atoms with Crippen molar-refractivity contribution in [1.29, 1.82) is 0 Å². The molecule has 0 saturated heterocycles. The first kappa shape index (κ1) is 10.5. The minimum absolute atomic E-state index is 0.140. The van der Waals surface area contributed by atoms with E-state index in [-0.39, 0.29) is 5.78 Å². The van der Waals surface area contributed by atoms with Gasteiger partial charge in [-0.05, 0) is 6.42 Å². The van der Waals surface area contributed by atoms with Crippen LogP contribution in [0.3, 0.4) is 0 Å². The third-order valence-electron chi connectivity index (χ3n) is 2.21. The van der Waals surface area contributed by atoms with Gasteiger partial charge >= 0.3 is 0 Å². The molecular weight excluding hydrogens is 204 g/mol. The van der Waals surface area contributed by atoms with Gasteiger partial charge in [0.2, 0.25) is 5.78 Å². The molecule has 82 valence electrons. The first-order valence-electron chi connectivity index (χ1n) is 5.13. The predicted molar refractivity (Wildman–Crippen MR) is 58.0 cm³/mol. The van der Waals surface area contributed by atoms with Gasteiger partial charge in [0, 0.05) is 31.3 Å². The predicted octanol–water partition coefficient (Wildman–Crippen LogP) is 1.31. The molecule has 2 heterocycles. The lowest BCUT2D eigenvalue weighted by molar-refractivity contribution is 0.102. The number of hydrogen-bond acceptors (Lipinski definition) is 4. The highest BCUT2D eigenvalue weighted by molar-refractivity contribution is 6.06. The van der Waals surface area contributed by atoms with E-state index in [1.807, 2.05) is 4.57 Å². The summed E-state index contributed by atoms with van der Waals surface area (Å²) < 4.78 is 1.84. The molecule has 0 aliphatic rings. The molecule has 0 aliphatic carbocycles. The maximum absolute atomic E-state index is 12.0. The third kappa shape index (κ3) is 1.98. The van der Waals surface area contributed by atoms with Crippen molar-refractivity contribution in [1.82, 2.24) is 19.5 Å². The molecule has 5 heteroatoms. The first-order chi connectivity index (χ1) is 7.83.